The van der Waals surface area contributed by atoms with E-state index in [1.165, 1.54) is 6.42 Å². The molecule has 0 radical (unpaired) electrons. The molecule has 31 heavy (non-hydrogen) atoms. The van der Waals surface area contributed by atoms with Crippen LogP contribution in [0.2, 0.25) is 5.02 Å². The first kappa shape index (κ1) is 21.7. The molecular formula is C24H27ClN4OS. The number of aromatic nitrogens is 1. The van der Waals surface area contributed by atoms with Crippen molar-refractivity contribution >= 4 is 40.4 Å². The number of piperidine rings is 1. The van der Waals surface area contributed by atoms with Crippen LogP contribution in [0.15, 0.2) is 59.1 Å². The highest BCUT2D eigenvalue weighted by molar-refractivity contribution is 7.80. The zero-order valence-electron chi connectivity index (χ0n) is 17.8. The molecule has 2 aromatic heterocycles. The highest BCUT2D eigenvalue weighted by Gasteiger charge is 2.22. The Bertz CT molecular complexity index is 1010. The molecule has 1 aliphatic rings. The van der Waals surface area contributed by atoms with Crippen molar-refractivity contribution in [2.45, 2.75) is 26.8 Å². The van der Waals surface area contributed by atoms with Gasteiger partial charge < -0.3 is 20.0 Å². The quantitative estimate of drug-likeness (QED) is 0.463. The normalized spacial score (nSPS) is 18.6. The monoisotopic (exact) mass is 454 g/mol. The van der Waals surface area contributed by atoms with Gasteiger partial charge >= 0.3 is 0 Å². The molecule has 5 nitrogen and oxygen atoms in total. The van der Waals surface area contributed by atoms with Gasteiger partial charge in [-0.2, -0.15) is 0 Å². The number of hydrogen-bond donors (Lipinski definition) is 2. The van der Waals surface area contributed by atoms with E-state index in [9.17, 15) is 0 Å². The van der Waals surface area contributed by atoms with E-state index >= 15 is 0 Å². The summed E-state index contributed by atoms with van der Waals surface area (Å²) in [6.07, 6.45) is 3.12. The van der Waals surface area contributed by atoms with Crippen LogP contribution in [0.4, 0.5) is 11.5 Å². The maximum absolute atomic E-state index is 5.95. The van der Waals surface area contributed by atoms with E-state index in [0.717, 1.165) is 41.7 Å². The average Bonchev–Trinajstić information content (AvgIpc) is 3.22. The predicted molar refractivity (Wildman–Crippen MR) is 132 cm³/mol. The Morgan fingerprint density at radius 2 is 1.84 bits per heavy atom. The number of halogens is 1. The summed E-state index contributed by atoms with van der Waals surface area (Å²) < 4.78 is 5.90. The van der Waals surface area contributed by atoms with Crippen LogP contribution in [0.1, 0.15) is 26.0 Å². The summed E-state index contributed by atoms with van der Waals surface area (Å²) in [5, 5.41) is 7.60. The van der Waals surface area contributed by atoms with Crippen molar-refractivity contribution in [3.05, 3.63) is 65.5 Å². The number of benzene rings is 1. The molecular weight excluding hydrogens is 428 g/mol. The molecule has 4 rings (SSSR count). The lowest BCUT2D eigenvalue weighted by Gasteiger charge is -2.35. The smallest absolute Gasteiger partial charge is 0.171 e. The van der Waals surface area contributed by atoms with Crippen LogP contribution in [0.25, 0.3) is 11.3 Å². The fourth-order valence-corrected chi connectivity index (χ4v) is 4.40. The van der Waals surface area contributed by atoms with Crippen molar-refractivity contribution < 1.29 is 4.42 Å². The largest absolute Gasteiger partial charge is 0.459 e. The fraction of sp³-hybridized carbons (Fsp3) is 0.333. The highest BCUT2D eigenvalue weighted by atomic mass is 35.5. The van der Waals surface area contributed by atoms with Crippen LogP contribution in [-0.4, -0.2) is 23.2 Å². The molecule has 1 aliphatic heterocycles. The Hall–Kier alpha value is -2.57. The number of furan rings is 1. The van der Waals surface area contributed by atoms with E-state index < -0.39 is 0 Å². The number of pyridine rings is 1. The van der Waals surface area contributed by atoms with Crippen molar-refractivity contribution in [2.75, 3.05) is 23.3 Å². The number of nitrogens with zero attached hydrogens (tertiary/aromatic N) is 2. The number of thiocarbonyl (C=S) groups is 1. The second-order valence-corrected chi connectivity index (χ2v) is 9.18. The lowest BCUT2D eigenvalue weighted by molar-refractivity contribution is 0.355. The zero-order valence-corrected chi connectivity index (χ0v) is 19.3. The summed E-state index contributed by atoms with van der Waals surface area (Å²) in [5.41, 5.74) is 1.85. The number of nitrogens with one attached hydrogen (secondary N) is 2. The van der Waals surface area contributed by atoms with Gasteiger partial charge in [-0.3, -0.25) is 0 Å². The van der Waals surface area contributed by atoms with Gasteiger partial charge in [0.15, 0.2) is 5.11 Å². The van der Waals surface area contributed by atoms with E-state index in [1.54, 1.807) is 0 Å². The minimum atomic E-state index is 0.495. The second kappa shape index (κ2) is 9.71. The topological polar surface area (TPSA) is 53.3 Å². The number of anilines is 2. The molecule has 0 aliphatic carbocycles. The van der Waals surface area contributed by atoms with E-state index in [4.69, 9.17) is 28.2 Å². The van der Waals surface area contributed by atoms with Crippen LogP contribution in [0.3, 0.4) is 0 Å². The molecule has 0 unspecified atom stereocenters. The predicted octanol–water partition coefficient (Wildman–Crippen LogP) is 5.96. The molecule has 0 bridgehead atoms. The summed E-state index contributed by atoms with van der Waals surface area (Å²) >= 11 is 11.4. The highest BCUT2D eigenvalue weighted by Crippen LogP contribution is 2.26. The molecule has 1 fully saturated rings. The molecule has 2 N–H and O–H groups in total. The molecule has 1 saturated heterocycles. The zero-order chi connectivity index (χ0) is 21.8. The van der Waals surface area contributed by atoms with Crippen LogP contribution in [0.5, 0.6) is 0 Å². The van der Waals surface area contributed by atoms with Gasteiger partial charge in [0.05, 0.1) is 18.4 Å². The molecule has 0 saturated carbocycles. The molecule has 3 heterocycles. The Kier molecular flexibility index (Phi) is 6.78. The van der Waals surface area contributed by atoms with Crippen molar-refractivity contribution in [3.63, 3.8) is 0 Å². The van der Waals surface area contributed by atoms with Gasteiger partial charge in [0.25, 0.3) is 0 Å². The average molecular weight is 455 g/mol. The maximum atomic E-state index is 5.95. The third kappa shape index (κ3) is 5.77. The standard InChI is InChI=1S/C24H27ClN4OS/c1-16-11-17(2)15-29(14-16)23-10-7-20(12-26-23)28-24(31)27-13-21-8-9-22(30-21)18-3-5-19(25)6-4-18/h3-10,12,16-17H,11,13-15H2,1-2H3,(H2,27,28,31)/t16-,17-/m1/s1. The molecule has 162 valence electrons. The van der Waals surface area contributed by atoms with Crippen molar-refractivity contribution in [1.29, 1.82) is 0 Å². The summed E-state index contributed by atoms with van der Waals surface area (Å²) in [7, 11) is 0. The van der Waals surface area contributed by atoms with Gasteiger partial charge in [0.1, 0.15) is 17.3 Å². The van der Waals surface area contributed by atoms with Crippen LogP contribution in [-0.2, 0) is 6.54 Å². The lowest BCUT2D eigenvalue weighted by atomic mass is 9.92. The van der Waals surface area contributed by atoms with Crippen molar-refractivity contribution in [3.8, 4) is 11.3 Å². The first-order chi connectivity index (χ1) is 15.0. The minimum Gasteiger partial charge on any atom is -0.459 e. The maximum Gasteiger partial charge on any atom is 0.171 e. The summed E-state index contributed by atoms with van der Waals surface area (Å²) in [5.74, 6) is 4.02. The van der Waals surface area contributed by atoms with E-state index in [0.29, 0.717) is 28.5 Å². The Morgan fingerprint density at radius 1 is 1.10 bits per heavy atom. The second-order valence-electron chi connectivity index (χ2n) is 8.34. The molecule has 0 amide bonds. The van der Waals surface area contributed by atoms with Crippen LogP contribution in [0, 0.1) is 11.8 Å². The van der Waals surface area contributed by atoms with Gasteiger partial charge in [-0.1, -0.05) is 25.4 Å². The van der Waals surface area contributed by atoms with Crippen LogP contribution < -0.4 is 15.5 Å². The van der Waals surface area contributed by atoms with E-state index in [1.807, 2.05) is 48.7 Å². The number of rotatable bonds is 5. The first-order valence-electron chi connectivity index (χ1n) is 10.6. The summed E-state index contributed by atoms with van der Waals surface area (Å²) in [6, 6.07) is 15.5. The summed E-state index contributed by atoms with van der Waals surface area (Å²) in [4.78, 5) is 7.00. The van der Waals surface area contributed by atoms with Gasteiger partial charge in [-0.05, 0) is 79.0 Å². The van der Waals surface area contributed by atoms with Gasteiger partial charge in [0, 0.05) is 23.7 Å². The SMILES string of the molecule is C[C@@H]1C[C@@H](C)CN(c2ccc(NC(=S)NCc3ccc(-c4ccc(Cl)cc4)o3)cn2)C1. The first-order valence-corrected chi connectivity index (χ1v) is 11.4. The van der Waals surface area contributed by atoms with Gasteiger partial charge in [0.2, 0.25) is 0 Å². The molecule has 7 heteroatoms. The molecule has 3 aromatic rings. The summed E-state index contributed by atoms with van der Waals surface area (Å²) in [6.45, 7) is 7.23. The molecule has 2 atom stereocenters. The van der Waals surface area contributed by atoms with Crippen LogP contribution >= 0.6 is 23.8 Å². The van der Waals surface area contributed by atoms with E-state index in [-0.39, 0.29) is 0 Å². The van der Waals surface area contributed by atoms with Crippen molar-refractivity contribution in [1.82, 2.24) is 10.3 Å². The Morgan fingerprint density at radius 3 is 2.52 bits per heavy atom. The van der Waals surface area contributed by atoms with Gasteiger partial charge in [-0.25, -0.2) is 4.98 Å². The molecule has 1 aromatic carbocycles. The van der Waals surface area contributed by atoms with Gasteiger partial charge in [-0.15, -0.1) is 0 Å². The van der Waals surface area contributed by atoms with E-state index in [2.05, 4.69) is 40.4 Å². The Labute approximate surface area is 193 Å². The fourth-order valence-electron chi connectivity index (χ4n) is 4.08. The molecule has 0 spiro atoms. The lowest BCUT2D eigenvalue weighted by Crippen LogP contribution is -2.39. The van der Waals surface area contributed by atoms with Crippen molar-refractivity contribution in [2.24, 2.45) is 11.8 Å². The third-order valence-electron chi connectivity index (χ3n) is 5.41. The Balaban J connectivity index is 1.29. The minimum absolute atomic E-state index is 0.495. The number of hydrogen-bond acceptors (Lipinski definition) is 4. The third-order valence-corrected chi connectivity index (χ3v) is 5.91.